The van der Waals surface area contributed by atoms with Gasteiger partial charge in [-0.05, 0) is 22.4 Å². The van der Waals surface area contributed by atoms with Crippen LogP contribution in [0.4, 0.5) is 5.82 Å². The molecule has 0 aromatic carbocycles. The van der Waals surface area contributed by atoms with Crippen LogP contribution in [0.1, 0.15) is 12.8 Å². The normalized spacial score (nSPS) is 20.4. The van der Waals surface area contributed by atoms with Gasteiger partial charge in [0.25, 0.3) is 0 Å². The Hall–Kier alpha value is -1.50. The van der Waals surface area contributed by atoms with Crippen molar-refractivity contribution in [2.75, 3.05) is 5.32 Å². The largest absolute Gasteiger partial charge is 0.357 e. The van der Waals surface area contributed by atoms with Crippen LogP contribution in [-0.2, 0) is 9.59 Å². The van der Waals surface area contributed by atoms with Crippen molar-refractivity contribution in [2.24, 2.45) is 0 Å². The van der Waals surface area contributed by atoms with E-state index in [1.165, 1.54) is 6.33 Å². The van der Waals surface area contributed by atoms with Gasteiger partial charge in [-0.1, -0.05) is 0 Å². The smallest absolute Gasteiger partial charge is 0.249 e. The number of amides is 2. The van der Waals surface area contributed by atoms with Crippen molar-refractivity contribution in [1.29, 1.82) is 0 Å². The molecule has 1 aliphatic rings. The van der Waals surface area contributed by atoms with Crippen LogP contribution in [-0.4, -0.2) is 27.8 Å². The summed E-state index contributed by atoms with van der Waals surface area (Å²) in [5.41, 5.74) is 0. The van der Waals surface area contributed by atoms with E-state index < -0.39 is 6.04 Å². The molecule has 1 saturated heterocycles. The van der Waals surface area contributed by atoms with Gasteiger partial charge in [-0.2, -0.15) is 0 Å². The van der Waals surface area contributed by atoms with Crippen LogP contribution < -0.4 is 10.6 Å². The van der Waals surface area contributed by atoms with Gasteiger partial charge in [-0.3, -0.25) is 14.9 Å². The first-order valence-corrected chi connectivity index (χ1v) is 5.52. The lowest BCUT2D eigenvalue weighted by Gasteiger charge is -2.22. The van der Waals surface area contributed by atoms with Gasteiger partial charge in [0.2, 0.25) is 11.8 Å². The predicted molar refractivity (Wildman–Crippen MR) is 59.5 cm³/mol. The number of hydrogen-bond acceptors (Lipinski definition) is 5. The molecule has 0 aliphatic carbocycles. The molecule has 1 aromatic rings. The molecule has 2 N–H and O–H groups in total. The van der Waals surface area contributed by atoms with E-state index in [4.69, 9.17) is 0 Å². The maximum absolute atomic E-state index is 11.5. The van der Waals surface area contributed by atoms with Crippen molar-refractivity contribution in [3.63, 3.8) is 0 Å². The molecule has 6 nitrogen and oxygen atoms in total. The molecule has 1 unspecified atom stereocenters. The summed E-state index contributed by atoms with van der Waals surface area (Å²) in [5, 5.41) is 5.23. The summed E-state index contributed by atoms with van der Waals surface area (Å²) in [5.74, 6) is -0.00364. The highest BCUT2D eigenvalue weighted by molar-refractivity contribution is 9.10. The van der Waals surface area contributed by atoms with Crippen LogP contribution in [0, 0.1) is 0 Å². The first-order valence-electron chi connectivity index (χ1n) is 4.72. The number of halogens is 1. The molecule has 1 fully saturated rings. The summed E-state index contributed by atoms with van der Waals surface area (Å²) in [6, 6.07) is -0.427. The fourth-order valence-electron chi connectivity index (χ4n) is 1.42. The summed E-state index contributed by atoms with van der Waals surface area (Å²) in [6.07, 6.45) is 3.79. The van der Waals surface area contributed by atoms with Gasteiger partial charge in [-0.25, -0.2) is 9.97 Å². The number of anilines is 1. The molecule has 2 rings (SSSR count). The quantitative estimate of drug-likeness (QED) is 0.771. The van der Waals surface area contributed by atoms with E-state index >= 15 is 0 Å². The molecular weight excluding hydrogens is 276 g/mol. The average Bonchev–Trinajstić information content (AvgIpc) is 2.25. The van der Waals surface area contributed by atoms with Gasteiger partial charge in [-0.15, -0.1) is 0 Å². The Labute approximate surface area is 100.0 Å². The van der Waals surface area contributed by atoms with Crippen LogP contribution in [0.5, 0.6) is 0 Å². The molecule has 1 aromatic heterocycles. The Kier molecular flexibility index (Phi) is 3.14. The number of imide groups is 1. The second-order valence-electron chi connectivity index (χ2n) is 3.37. The summed E-state index contributed by atoms with van der Waals surface area (Å²) in [6.45, 7) is 0. The molecule has 0 bridgehead atoms. The van der Waals surface area contributed by atoms with Crippen LogP contribution in [0.25, 0.3) is 0 Å². The molecule has 84 valence electrons. The third-order valence-electron chi connectivity index (χ3n) is 2.22. The van der Waals surface area contributed by atoms with E-state index in [9.17, 15) is 9.59 Å². The number of carbonyl (C=O) groups excluding carboxylic acids is 2. The minimum Gasteiger partial charge on any atom is -0.357 e. The Morgan fingerprint density at radius 1 is 1.50 bits per heavy atom. The highest BCUT2D eigenvalue weighted by Gasteiger charge is 2.26. The van der Waals surface area contributed by atoms with Crippen molar-refractivity contribution >= 4 is 33.6 Å². The molecule has 2 amide bonds. The lowest BCUT2D eigenvalue weighted by Crippen LogP contribution is -2.47. The Morgan fingerprint density at radius 2 is 2.31 bits per heavy atom. The molecule has 1 aliphatic heterocycles. The lowest BCUT2D eigenvalue weighted by molar-refractivity contribution is -0.133. The Bertz CT molecular complexity index is 437. The molecule has 7 heteroatoms. The van der Waals surface area contributed by atoms with Crippen molar-refractivity contribution < 1.29 is 9.59 Å². The van der Waals surface area contributed by atoms with Crippen molar-refractivity contribution in [3.05, 3.63) is 17.0 Å². The SMILES string of the molecule is O=C1CCC(Nc2ncncc2Br)C(=O)N1. The molecule has 2 heterocycles. The Balaban J connectivity index is 2.08. The van der Waals surface area contributed by atoms with Crippen LogP contribution in [0.3, 0.4) is 0 Å². The summed E-state index contributed by atoms with van der Waals surface area (Å²) >= 11 is 3.27. The van der Waals surface area contributed by atoms with E-state index in [1.807, 2.05) is 0 Å². The van der Waals surface area contributed by atoms with Gasteiger partial charge in [0.15, 0.2) is 0 Å². The molecule has 0 saturated carbocycles. The lowest BCUT2D eigenvalue weighted by atomic mass is 10.1. The topological polar surface area (TPSA) is 84.0 Å². The van der Waals surface area contributed by atoms with Crippen molar-refractivity contribution in [2.45, 2.75) is 18.9 Å². The third kappa shape index (κ3) is 2.35. The monoisotopic (exact) mass is 284 g/mol. The highest BCUT2D eigenvalue weighted by Crippen LogP contribution is 2.19. The van der Waals surface area contributed by atoms with Gasteiger partial charge < -0.3 is 5.32 Å². The number of hydrogen-bond donors (Lipinski definition) is 2. The van der Waals surface area contributed by atoms with E-state index in [2.05, 4.69) is 36.5 Å². The van der Waals surface area contributed by atoms with Crippen molar-refractivity contribution in [1.82, 2.24) is 15.3 Å². The second-order valence-corrected chi connectivity index (χ2v) is 4.22. The van der Waals surface area contributed by atoms with Crippen molar-refractivity contribution in [3.8, 4) is 0 Å². The van der Waals surface area contributed by atoms with Crippen LogP contribution >= 0.6 is 15.9 Å². The first kappa shape index (κ1) is 11.0. The van der Waals surface area contributed by atoms with Gasteiger partial charge in [0.1, 0.15) is 18.2 Å². The number of aromatic nitrogens is 2. The molecule has 1 atom stereocenters. The minimum absolute atomic E-state index is 0.232. The van der Waals surface area contributed by atoms with E-state index in [1.54, 1.807) is 6.20 Å². The predicted octanol–water partition coefficient (Wildman–Crippen LogP) is 0.456. The van der Waals surface area contributed by atoms with Crippen LogP contribution in [0.2, 0.25) is 0 Å². The zero-order valence-corrected chi connectivity index (χ0v) is 9.82. The number of carbonyl (C=O) groups is 2. The minimum atomic E-state index is -0.427. The molecule has 0 radical (unpaired) electrons. The van der Waals surface area contributed by atoms with E-state index in [0.29, 0.717) is 23.1 Å². The average molecular weight is 285 g/mol. The summed E-state index contributed by atoms with van der Waals surface area (Å²) < 4.78 is 0.680. The van der Waals surface area contributed by atoms with E-state index in [-0.39, 0.29) is 11.8 Å². The van der Waals surface area contributed by atoms with Gasteiger partial charge in [0, 0.05) is 12.6 Å². The number of rotatable bonds is 2. The molecular formula is C9H9BrN4O2. The van der Waals surface area contributed by atoms with Crippen LogP contribution in [0.15, 0.2) is 17.0 Å². The summed E-state index contributed by atoms with van der Waals surface area (Å²) in [4.78, 5) is 30.2. The van der Waals surface area contributed by atoms with Gasteiger partial charge >= 0.3 is 0 Å². The molecule has 16 heavy (non-hydrogen) atoms. The second kappa shape index (κ2) is 4.56. The fourth-order valence-corrected chi connectivity index (χ4v) is 1.75. The zero-order valence-electron chi connectivity index (χ0n) is 8.24. The maximum atomic E-state index is 11.5. The zero-order chi connectivity index (χ0) is 11.5. The molecule has 0 spiro atoms. The fraction of sp³-hybridized carbons (Fsp3) is 0.333. The standard InChI is InChI=1S/C9H9BrN4O2/c10-5-3-11-4-12-8(5)13-6-1-2-7(15)14-9(6)16/h3-4,6H,1-2H2,(H,11,12,13)(H,14,15,16). The third-order valence-corrected chi connectivity index (χ3v) is 2.80. The number of nitrogens with zero attached hydrogens (tertiary/aromatic N) is 2. The highest BCUT2D eigenvalue weighted by atomic mass is 79.9. The van der Waals surface area contributed by atoms with Gasteiger partial charge in [0.05, 0.1) is 4.47 Å². The maximum Gasteiger partial charge on any atom is 0.249 e. The van der Waals surface area contributed by atoms with E-state index in [0.717, 1.165) is 0 Å². The summed E-state index contributed by atoms with van der Waals surface area (Å²) in [7, 11) is 0. The Morgan fingerprint density at radius 3 is 3.00 bits per heavy atom. The number of piperidine rings is 1. The number of nitrogens with one attached hydrogen (secondary N) is 2. The first-order chi connectivity index (χ1) is 7.66.